The molecule has 1 aliphatic rings. The van der Waals surface area contributed by atoms with Crippen LogP contribution in [0.15, 0.2) is 85.5 Å². The molecule has 3 aromatic heterocycles. The van der Waals surface area contributed by atoms with Gasteiger partial charge in [-0.3, -0.25) is 14.6 Å². The zero-order chi connectivity index (χ0) is 42.8. The number of aromatic nitrogens is 3. The van der Waals surface area contributed by atoms with Crippen LogP contribution in [-0.4, -0.2) is 76.1 Å². The molecule has 4 N–H and O–H groups in total. The van der Waals surface area contributed by atoms with Crippen LogP contribution in [0.1, 0.15) is 115 Å². The molecule has 2 amide bonds. The number of benzene rings is 2. The van der Waals surface area contributed by atoms with Crippen LogP contribution in [-0.2, 0) is 41.5 Å². The number of hydrogen-bond acceptors (Lipinski definition) is 8. The van der Waals surface area contributed by atoms with E-state index >= 15 is 0 Å². The Hall–Kier alpha value is -5.65. The number of pyridine rings is 1. The van der Waals surface area contributed by atoms with Gasteiger partial charge in [0.15, 0.2) is 0 Å². The molecule has 1 aliphatic heterocycles. The number of H-pyrrole nitrogens is 2. The largest absolute Gasteiger partial charge is 0.464 e. The molecule has 4 atom stereocenters. The molecule has 61 heavy (non-hydrogen) atoms. The van der Waals surface area contributed by atoms with Gasteiger partial charge in [0.1, 0.15) is 24.2 Å². The first-order chi connectivity index (χ1) is 29.9. The molecule has 5 aromatic rings. The molecule has 0 aliphatic carbocycles. The van der Waals surface area contributed by atoms with Gasteiger partial charge < -0.3 is 35.0 Å². The summed E-state index contributed by atoms with van der Waals surface area (Å²) in [7, 11) is 0. The Bertz CT molecular complexity index is 2020. The van der Waals surface area contributed by atoms with Crippen molar-refractivity contribution in [2.75, 3.05) is 18.1 Å². The van der Waals surface area contributed by atoms with E-state index in [-0.39, 0.29) is 37.9 Å². The molecule has 0 bridgehead atoms. The highest BCUT2D eigenvalue weighted by molar-refractivity contribution is 5.96. The van der Waals surface area contributed by atoms with Crippen molar-refractivity contribution < 1.29 is 28.7 Å². The van der Waals surface area contributed by atoms with Crippen LogP contribution in [0.3, 0.4) is 0 Å². The Morgan fingerprint density at radius 3 is 1.51 bits per heavy atom. The van der Waals surface area contributed by atoms with E-state index in [4.69, 9.17) is 9.47 Å². The molecular formula is C49H64N6O6. The number of nitrogens with zero attached hydrogens (tertiary/aromatic N) is 2. The summed E-state index contributed by atoms with van der Waals surface area (Å²) in [4.78, 5) is 69.1. The highest BCUT2D eigenvalue weighted by Gasteiger charge is 2.43. The zero-order valence-electron chi connectivity index (χ0n) is 36.0. The number of aromatic amines is 2. The highest BCUT2D eigenvalue weighted by Crippen LogP contribution is 2.32. The van der Waals surface area contributed by atoms with E-state index in [0.29, 0.717) is 18.5 Å². The van der Waals surface area contributed by atoms with Crippen molar-refractivity contribution in [2.24, 2.45) is 0 Å². The molecule has 1 fully saturated rings. The van der Waals surface area contributed by atoms with Gasteiger partial charge in [-0.25, -0.2) is 9.59 Å². The molecule has 12 heteroatoms. The predicted octanol–water partition coefficient (Wildman–Crippen LogP) is 8.64. The Balaban J connectivity index is 1.18. The summed E-state index contributed by atoms with van der Waals surface area (Å²) in [6.07, 6.45) is 20.8. The quantitative estimate of drug-likeness (QED) is 0.0336. The van der Waals surface area contributed by atoms with Crippen molar-refractivity contribution in [3.63, 3.8) is 0 Å². The minimum Gasteiger partial charge on any atom is -0.464 e. The topological polar surface area (TPSA) is 159 Å². The van der Waals surface area contributed by atoms with Crippen LogP contribution in [0.4, 0.5) is 5.69 Å². The summed E-state index contributed by atoms with van der Waals surface area (Å²) >= 11 is 0. The van der Waals surface area contributed by atoms with Crippen LogP contribution in [0, 0.1) is 0 Å². The van der Waals surface area contributed by atoms with Gasteiger partial charge in [-0.15, -0.1) is 0 Å². The van der Waals surface area contributed by atoms with Gasteiger partial charge in [-0.05, 0) is 61.1 Å². The van der Waals surface area contributed by atoms with Gasteiger partial charge in [0.05, 0.1) is 13.2 Å². The fraction of sp³-hybridized carbons (Fsp3) is 0.490. The fourth-order valence-corrected chi connectivity index (χ4v) is 8.48. The molecule has 4 heterocycles. The molecule has 6 rings (SSSR count). The zero-order valence-corrected chi connectivity index (χ0v) is 36.0. The molecule has 1 saturated heterocycles. The number of fused-ring (bicyclic) bond motifs is 2. The van der Waals surface area contributed by atoms with Crippen molar-refractivity contribution in [3.8, 4) is 0 Å². The number of carbonyl (C=O) groups is 4. The minimum absolute atomic E-state index is 0.230. The van der Waals surface area contributed by atoms with E-state index in [9.17, 15) is 19.2 Å². The Morgan fingerprint density at radius 2 is 1.05 bits per heavy atom. The maximum Gasteiger partial charge on any atom is 0.328 e. The Morgan fingerprint density at radius 1 is 0.623 bits per heavy atom. The highest BCUT2D eigenvalue weighted by atomic mass is 16.5. The van der Waals surface area contributed by atoms with E-state index in [1.165, 1.54) is 12.8 Å². The maximum absolute atomic E-state index is 14.5. The van der Waals surface area contributed by atoms with Crippen LogP contribution >= 0.6 is 0 Å². The van der Waals surface area contributed by atoms with Crippen molar-refractivity contribution in [1.29, 1.82) is 0 Å². The molecule has 0 saturated carbocycles. The Kier molecular flexibility index (Phi) is 17.2. The number of unbranched alkanes of at least 4 members (excludes halogenated alkanes) is 10. The third kappa shape index (κ3) is 12.5. The first-order valence-corrected chi connectivity index (χ1v) is 22.6. The maximum atomic E-state index is 14.5. The van der Waals surface area contributed by atoms with Gasteiger partial charge >= 0.3 is 11.9 Å². The minimum atomic E-state index is -0.957. The first kappa shape index (κ1) is 44.9. The number of anilines is 1. The predicted molar refractivity (Wildman–Crippen MR) is 240 cm³/mol. The summed E-state index contributed by atoms with van der Waals surface area (Å²) in [5.41, 5.74) is 4.27. The molecule has 0 radical (unpaired) electrons. The van der Waals surface area contributed by atoms with E-state index < -0.39 is 36.1 Å². The van der Waals surface area contributed by atoms with E-state index in [0.717, 1.165) is 97.1 Å². The van der Waals surface area contributed by atoms with Gasteiger partial charge in [-0.2, -0.15) is 0 Å². The second-order valence-electron chi connectivity index (χ2n) is 16.3. The third-order valence-corrected chi connectivity index (χ3v) is 11.8. The van der Waals surface area contributed by atoms with Gasteiger partial charge in [0, 0.05) is 65.1 Å². The number of esters is 2. The summed E-state index contributed by atoms with van der Waals surface area (Å²) in [6, 6.07) is 15.7. The molecular weight excluding hydrogens is 769 g/mol. The summed E-state index contributed by atoms with van der Waals surface area (Å²) in [5.74, 6) is -1.76. The summed E-state index contributed by atoms with van der Waals surface area (Å²) in [5, 5.41) is 8.03. The third-order valence-electron chi connectivity index (χ3n) is 11.8. The van der Waals surface area contributed by atoms with Gasteiger partial charge in [0.25, 0.3) is 0 Å². The fourth-order valence-electron chi connectivity index (χ4n) is 8.48. The van der Waals surface area contributed by atoms with Crippen molar-refractivity contribution in [3.05, 3.63) is 96.6 Å². The summed E-state index contributed by atoms with van der Waals surface area (Å²) < 4.78 is 11.6. The number of hydrogen-bond donors (Lipinski definition) is 4. The number of para-hydroxylation sites is 2. The standard InChI is InChI=1S/C49H64N6O6/c1-3-5-7-9-11-17-29-60-48(58)42(31-35-33-51-40-21-15-13-19-38(35)40)53-46(56)44-23-24-45(55(44)37-25-27-50-28-26-37)47(57)54-43(49(59)61-30-18-12-10-8-6-4-2)32-36-34-52-41-22-16-14-20-39(36)41/h13-16,19-22,25-28,33-34,42-45,51-52H,3-12,17-18,23-24,29-32H2,1-2H3,(H,53,56)(H,54,57)/t42-,43-,44-,45+/m0/s1. The molecule has 2 aromatic carbocycles. The number of rotatable bonds is 25. The van der Waals surface area contributed by atoms with Crippen LogP contribution in [0.5, 0.6) is 0 Å². The Labute approximate surface area is 359 Å². The van der Waals surface area contributed by atoms with Crippen LogP contribution in [0.2, 0.25) is 0 Å². The molecule has 326 valence electrons. The lowest BCUT2D eigenvalue weighted by atomic mass is 10.0. The van der Waals surface area contributed by atoms with Crippen LogP contribution in [0.25, 0.3) is 21.8 Å². The van der Waals surface area contributed by atoms with E-state index in [1.54, 1.807) is 29.4 Å². The monoisotopic (exact) mass is 832 g/mol. The van der Waals surface area contributed by atoms with Crippen molar-refractivity contribution >= 4 is 51.2 Å². The van der Waals surface area contributed by atoms with Gasteiger partial charge in [-0.1, -0.05) is 114 Å². The number of carbonyl (C=O) groups excluding carboxylic acids is 4. The number of nitrogens with one attached hydrogen (secondary N) is 4. The van der Waals surface area contributed by atoms with E-state index in [1.807, 2.05) is 60.9 Å². The van der Waals surface area contributed by atoms with E-state index in [2.05, 4.69) is 39.4 Å². The van der Waals surface area contributed by atoms with Crippen molar-refractivity contribution in [2.45, 2.75) is 141 Å². The smallest absolute Gasteiger partial charge is 0.328 e. The second-order valence-corrected chi connectivity index (χ2v) is 16.3. The van der Waals surface area contributed by atoms with Gasteiger partial charge in [0.2, 0.25) is 11.8 Å². The molecule has 0 spiro atoms. The average molecular weight is 833 g/mol. The molecule has 12 nitrogen and oxygen atoms in total. The lowest BCUT2D eigenvalue weighted by Gasteiger charge is -2.32. The summed E-state index contributed by atoms with van der Waals surface area (Å²) in [6.45, 7) is 4.92. The number of ether oxygens (including phenoxy) is 2. The van der Waals surface area contributed by atoms with Crippen molar-refractivity contribution in [1.82, 2.24) is 25.6 Å². The lowest BCUT2D eigenvalue weighted by molar-refractivity contribution is -0.148. The SMILES string of the molecule is CCCCCCCCOC(=O)[C@H](Cc1c[nH]c2ccccc12)NC(=O)[C@H]1CC[C@@H](C(=O)N[C@@H](Cc2c[nH]c3ccccc23)C(=O)OCCCCCCCC)N1c1ccncc1. The van der Waals surface area contributed by atoms with Crippen LogP contribution < -0.4 is 15.5 Å². The number of amides is 2. The second kappa shape index (κ2) is 23.4. The molecule has 0 unspecified atom stereocenters. The first-order valence-electron chi connectivity index (χ1n) is 22.6. The average Bonchev–Trinajstić information content (AvgIpc) is 4.03. The normalized spacial score (nSPS) is 16.1. The lowest BCUT2D eigenvalue weighted by Crippen LogP contribution is -2.56.